The second-order valence-corrected chi connectivity index (χ2v) is 10.6. The predicted octanol–water partition coefficient (Wildman–Crippen LogP) is 3.79. The second kappa shape index (κ2) is 9.65. The van der Waals surface area contributed by atoms with Gasteiger partial charge in [0, 0.05) is 5.75 Å². The van der Waals surface area contributed by atoms with E-state index in [1.807, 2.05) is 19.1 Å². The SMILES string of the molecule is C=CCSc1nnc(NC(=O)c2nc(S(=O)(=O)Cc3ccc(C)cc3)ncc2Cl)s1. The van der Waals surface area contributed by atoms with Gasteiger partial charge in [-0.3, -0.25) is 10.1 Å². The van der Waals surface area contributed by atoms with E-state index in [0.717, 1.165) is 11.8 Å². The molecule has 0 saturated heterocycles. The Morgan fingerprint density at radius 2 is 2.03 bits per heavy atom. The number of aryl methyl sites for hydroxylation is 1. The molecule has 2 aromatic heterocycles. The molecule has 1 aromatic carbocycles. The lowest BCUT2D eigenvalue weighted by Gasteiger charge is -2.07. The minimum atomic E-state index is -3.88. The van der Waals surface area contributed by atoms with Gasteiger partial charge >= 0.3 is 0 Å². The van der Waals surface area contributed by atoms with Crippen molar-refractivity contribution in [3.05, 3.63) is 65.0 Å². The molecule has 3 rings (SSSR count). The zero-order valence-electron chi connectivity index (χ0n) is 15.7. The Labute approximate surface area is 186 Å². The third-order valence-corrected chi connectivity index (χ3v) is 7.35. The maximum atomic E-state index is 12.7. The third-order valence-electron chi connectivity index (χ3n) is 3.64. The molecule has 156 valence electrons. The molecule has 3 aromatic rings. The van der Waals surface area contributed by atoms with Crippen molar-refractivity contribution in [1.29, 1.82) is 0 Å². The van der Waals surface area contributed by atoms with E-state index in [9.17, 15) is 13.2 Å². The largest absolute Gasteiger partial charge is 0.295 e. The lowest BCUT2D eigenvalue weighted by Crippen LogP contribution is -2.18. The first-order chi connectivity index (χ1) is 14.3. The highest BCUT2D eigenvalue weighted by molar-refractivity contribution is 8.01. The zero-order chi connectivity index (χ0) is 21.7. The van der Waals surface area contributed by atoms with Crippen LogP contribution < -0.4 is 5.32 Å². The van der Waals surface area contributed by atoms with Crippen molar-refractivity contribution in [3.63, 3.8) is 0 Å². The molecule has 0 unspecified atom stereocenters. The Morgan fingerprint density at radius 1 is 1.30 bits per heavy atom. The Bertz CT molecular complexity index is 1180. The smallest absolute Gasteiger partial charge is 0.277 e. The number of aromatic nitrogens is 4. The Balaban J connectivity index is 1.80. The number of nitrogens with zero attached hydrogens (tertiary/aromatic N) is 4. The van der Waals surface area contributed by atoms with Gasteiger partial charge in [0.05, 0.1) is 17.0 Å². The van der Waals surface area contributed by atoms with E-state index < -0.39 is 20.9 Å². The van der Waals surface area contributed by atoms with Gasteiger partial charge in [0.15, 0.2) is 10.0 Å². The van der Waals surface area contributed by atoms with Crippen molar-refractivity contribution in [2.24, 2.45) is 0 Å². The van der Waals surface area contributed by atoms with E-state index in [4.69, 9.17) is 11.6 Å². The van der Waals surface area contributed by atoms with Gasteiger partial charge in [-0.25, -0.2) is 18.4 Å². The Morgan fingerprint density at radius 3 is 2.73 bits per heavy atom. The molecule has 0 atom stereocenters. The van der Waals surface area contributed by atoms with Crippen molar-refractivity contribution in [2.75, 3.05) is 11.1 Å². The lowest BCUT2D eigenvalue weighted by atomic mass is 10.2. The average Bonchev–Trinajstić information content (AvgIpc) is 3.15. The molecule has 0 radical (unpaired) electrons. The van der Waals surface area contributed by atoms with Crippen molar-refractivity contribution in [3.8, 4) is 0 Å². The van der Waals surface area contributed by atoms with Crippen LogP contribution in [0.15, 0.2) is 52.6 Å². The molecule has 0 saturated carbocycles. The van der Waals surface area contributed by atoms with Gasteiger partial charge in [-0.2, -0.15) is 0 Å². The van der Waals surface area contributed by atoms with Crippen LogP contribution in [0, 0.1) is 6.92 Å². The monoisotopic (exact) mass is 481 g/mol. The topological polar surface area (TPSA) is 115 Å². The number of halogens is 1. The number of carbonyl (C=O) groups excluding carboxylic acids is 1. The van der Waals surface area contributed by atoms with Crippen LogP contribution in [-0.2, 0) is 15.6 Å². The van der Waals surface area contributed by atoms with Gasteiger partial charge in [0.25, 0.3) is 5.91 Å². The van der Waals surface area contributed by atoms with Crippen LogP contribution in [0.1, 0.15) is 21.6 Å². The molecule has 0 aliphatic rings. The van der Waals surface area contributed by atoms with E-state index in [1.54, 1.807) is 18.2 Å². The molecular weight excluding hydrogens is 466 g/mol. The maximum absolute atomic E-state index is 12.7. The van der Waals surface area contributed by atoms with E-state index >= 15 is 0 Å². The molecule has 0 aliphatic heterocycles. The number of nitrogens with one attached hydrogen (secondary N) is 1. The lowest BCUT2D eigenvalue weighted by molar-refractivity contribution is 0.102. The van der Waals surface area contributed by atoms with E-state index in [2.05, 4.69) is 32.1 Å². The van der Waals surface area contributed by atoms with Crippen LogP contribution >= 0.6 is 34.7 Å². The maximum Gasteiger partial charge on any atom is 0.277 e. The number of anilines is 1. The molecule has 8 nitrogen and oxygen atoms in total. The molecular formula is C18H16ClN5O3S3. The summed E-state index contributed by atoms with van der Waals surface area (Å²) < 4.78 is 26.1. The number of benzene rings is 1. The highest BCUT2D eigenvalue weighted by atomic mass is 35.5. The predicted molar refractivity (Wildman–Crippen MR) is 118 cm³/mol. The highest BCUT2D eigenvalue weighted by Crippen LogP contribution is 2.26. The number of rotatable bonds is 8. The van der Waals surface area contributed by atoms with Crippen molar-refractivity contribution in [2.45, 2.75) is 22.2 Å². The summed E-state index contributed by atoms with van der Waals surface area (Å²) in [6, 6.07) is 7.06. The highest BCUT2D eigenvalue weighted by Gasteiger charge is 2.23. The van der Waals surface area contributed by atoms with Crippen LogP contribution in [0.5, 0.6) is 0 Å². The molecule has 12 heteroatoms. The fourth-order valence-corrected chi connectivity index (χ4v) is 5.12. The van der Waals surface area contributed by atoms with Crippen LogP contribution in [0.4, 0.5) is 5.13 Å². The summed E-state index contributed by atoms with van der Waals surface area (Å²) in [6.45, 7) is 5.53. The van der Waals surface area contributed by atoms with Crippen LogP contribution in [-0.4, -0.2) is 40.2 Å². The second-order valence-electron chi connectivity index (χ2n) is 6.02. The molecule has 0 fully saturated rings. The molecule has 0 bridgehead atoms. The summed E-state index contributed by atoms with van der Waals surface area (Å²) in [5.41, 5.74) is 1.34. The number of hydrogen-bond acceptors (Lipinski definition) is 9. The van der Waals surface area contributed by atoms with Crippen molar-refractivity contribution in [1.82, 2.24) is 20.2 Å². The quantitative estimate of drug-likeness (QED) is 0.223. The first kappa shape index (κ1) is 22.3. The number of carbonyl (C=O) groups is 1. The Kier molecular flexibility index (Phi) is 7.19. The fourth-order valence-electron chi connectivity index (χ4n) is 2.23. The van der Waals surface area contributed by atoms with Gasteiger partial charge in [0.1, 0.15) is 0 Å². The van der Waals surface area contributed by atoms with Gasteiger partial charge in [-0.15, -0.1) is 16.8 Å². The van der Waals surface area contributed by atoms with E-state index in [1.165, 1.54) is 23.1 Å². The summed E-state index contributed by atoms with van der Waals surface area (Å²) in [5, 5.41) is 10.0. The summed E-state index contributed by atoms with van der Waals surface area (Å²) in [4.78, 5) is 20.3. The molecule has 30 heavy (non-hydrogen) atoms. The summed E-state index contributed by atoms with van der Waals surface area (Å²) in [7, 11) is -3.88. The van der Waals surface area contributed by atoms with E-state index in [-0.39, 0.29) is 21.6 Å². The number of sulfone groups is 1. The van der Waals surface area contributed by atoms with Crippen LogP contribution in [0.3, 0.4) is 0 Å². The molecule has 2 heterocycles. The van der Waals surface area contributed by atoms with Crippen LogP contribution in [0.2, 0.25) is 5.02 Å². The third kappa shape index (κ3) is 5.63. The number of amides is 1. The number of thioether (sulfide) groups is 1. The van der Waals surface area contributed by atoms with Gasteiger partial charge in [0.2, 0.25) is 20.1 Å². The molecule has 1 N–H and O–H groups in total. The Hall–Kier alpha value is -2.34. The first-order valence-corrected chi connectivity index (χ1v) is 12.3. The minimum Gasteiger partial charge on any atom is -0.295 e. The van der Waals surface area contributed by atoms with Gasteiger partial charge in [-0.05, 0) is 12.5 Å². The van der Waals surface area contributed by atoms with Gasteiger partial charge in [-0.1, -0.05) is 70.6 Å². The average molecular weight is 482 g/mol. The van der Waals surface area contributed by atoms with E-state index in [0.29, 0.717) is 15.7 Å². The molecule has 1 amide bonds. The molecule has 0 aliphatic carbocycles. The zero-order valence-corrected chi connectivity index (χ0v) is 18.9. The van der Waals surface area contributed by atoms with Crippen LogP contribution in [0.25, 0.3) is 0 Å². The summed E-state index contributed by atoms with van der Waals surface area (Å²) in [6.07, 6.45) is 2.82. The molecule has 0 spiro atoms. The summed E-state index contributed by atoms with van der Waals surface area (Å²) in [5.74, 6) is -0.343. The van der Waals surface area contributed by atoms with Gasteiger partial charge < -0.3 is 0 Å². The minimum absolute atomic E-state index is 0.0763. The number of hydrogen-bond donors (Lipinski definition) is 1. The fraction of sp³-hybridized carbons (Fsp3) is 0.167. The van der Waals surface area contributed by atoms with Crippen molar-refractivity contribution < 1.29 is 13.2 Å². The normalized spacial score (nSPS) is 11.3. The first-order valence-electron chi connectivity index (χ1n) is 8.48. The van der Waals surface area contributed by atoms with Crippen molar-refractivity contribution >= 4 is 55.6 Å². The summed E-state index contributed by atoms with van der Waals surface area (Å²) >= 11 is 8.62. The standard InChI is InChI=1S/C18H16ClN5O3S3/c1-3-8-28-18-24-23-16(29-18)22-15(25)14-13(19)9-20-17(21-14)30(26,27)10-12-6-4-11(2)5-7-12/h3-7,9H,1,8,10H2,2H3,(H,22,23,25).